The van der Waals surface area contributed by atoms with Crippen LogP contribution >= 0.6 is 0 Å². The second-order valence-corrected chi connectivity index (χ2v) is 7.62. The molecule has 0 saturated heterocycles. The number of fused-ring (bicyclic) bond motifs is 2. The van der Waals surface area contributed by atoms with E-state index in [1.54, 1.807) is 0 Å². The summed E-state index contributed by atoms with van der Waals surface area (Å²) in [6, 6.07) is 7.29. The molecule has 8 heteroatoms. The van der Waals surface area contributed by atoms with Gasteiger partial charge in [-0.1, -0.05) is 6.07 Å². The minimum atomic E-state index is -1.00. The van der Waals surface area contributed by atoms with E-state index in [9.17, 15) is 10.2 Å². The summed E-state index contributed by atoms with van der Waals surface area (Å²) in [6.45, 7) is 3.93. The molecule has 152 valence electrons. The van der Waals surface area contributed by atoms with Gasteiger partial charge in [-0.05, 0) is 25.1 Å². The van der Waals surface area contributed by atoms with Crippen molar-refractivity contribution in [3.63, 3.8) is 0 Å². The summed E-state index contributed by atoms with van der Waals surface area (Å²) in [5, 5.41) is 25.7. The second-order valence-electron chi connectivity index (χ2n) is 7.62. The lowest BCUT2D eigenvalue weighted by molar-refractivity contribution is -0.0166. The summed E-state index contributed by atoms with van der Waals surface area (Å²) < 4.78 is 13.9. The van der Waals surface area contributed by atoms with Gasteiger partial charge in [-0.2, -0.15) is 0 Å². The quantitative estimate of drug-likeness (QED) is 0.614. The zero-order valence-corrected chi connectivity index (χ0v) is 16.2. The van der Waals surface area contributed by atoms with Crippen molar-refractivity contribution in [2.45, 2.75) is 44.2 Å². The zero-order valence-electron chi connectivity index (χ0n) is 16.2. The average molecular weight is 396 g/mol. The van der Waals surface area contributed by atoms with Crippen LogP contribution in [0.2, 0.25) is 0 Å². The normalized spacial score (nSPS) is 26.7. The monoisotopic (exact) mass is 396 g/mol. The highest BCUT2D eigenvalue weighted by Crippen LogP contribution is 2.38. The van der Waals surface area contributed by atoms with Gasteiger partial charge in [0.05, 0.1) is 11.7 Å². The summed E-state index contributed by atoms with van der Waals surface area (Å²) in [4.78, 5) is 8.60. The van der Waals surface area contributed by atoms with E-state index in [1.165, 1.54) is 6.33 Å². The van der Waals surface area contributed by atoms with E-state index in [1.807, 2.05) is 42.0 Å². The van der Waals surface area contributed by atoms with E-state index in [0.29, 0.717) is 25.3 Å². The number of benzene rings is 1. The maximum atomic E-state index is 10.8. The van der Waals surface area contributed by atoms with E-state index in [4.69, 9.17) is 9.47 Å². The molecule has 3 N–H and O–H groups in total. The number of rotatable bonds is 3. The van der Waals surface area contributed by atoms with Gasteiger partial charge >= 0.3 is 0 Å². The molecule has 1 saturated carbocycles. The molecule has 3 heterocycles. The van der Waals surface area contributed by atoms with E-state index in [2.05, 4.69) is 15.3 Å². The molecule has 1 aliphatic carbocycles. The van der Waals surface area contributed by atoms with Crippen LogP contribution in [0.25, 0.3) is 11.0 Å². The van der Waals surface area contributed by atoms with E-state index < -0.39 is 18.3 Å². The summed E-state index contributed by atoms with van der Waals surface area (Å²) in [7, 11) is 0. The van der Waals surface area contributed by atoms with Crippen LogP contribution in [0.4, 0.5) is 0 Å². The molecule has 4 unspecified atom stereocenters. The van der Waals surface area contributed by atoms with Crippen LogP contribution in [0.5, 0.6) is 11.5 Å². The summed E-state index contributed by atoms with van der Waals surface area (Å²) in [5.74, 6) is 1.46. The molecule has 4 atom stereocenters. The summed E-state index contributed by atoms with van der Waals surface area (Å²) >= 11 is 0. The number of aromatic nitrogens is 3. The Bertz CT molecular complexity index is 1040. The highest BCUT2D eigenvalue weighted by Gasteiger charge is 2.44. The third-order valence-corrected chi connectivity index (χ3v) is 5.87. The lowest BCUT2D eigenvalue weighted by atomic mass is 10.1. The van der Waals surface area contributed by atoms with Crippen molar-refractivity contribution < 1.29 is 19.7 Å². The van der Waals surface area contributed by atoms with E-state index in [-0.39, 0.29) is 6.04 Å². The molecule has 5 rings (SSSR count). The smallest absolute Gasteiger partial charge is 0.143 e. The van der Waals surface area contributed by atoms with Crippen LogP contribution in [0.1, 0.15) is 23.7 Å². The molecule has 0 bridgehead atoms. The van der Waals surface area contributed by atoms with Gasteiger partial charge in [0.25, 0.3) is 0 Å². The maximum Gasteiger partial charge on any atom is 0.143 e. The summed E-state index contributed by atoms with van der Waals surface area (Å²) in [6.07, 6.45) is 1.38. The molecular formula is C21H24N4O4. The molecule has 29 heavy (non-hydrogen) atoms. The van der Waals surface area contributed by atoms with Gasteiger partial charge in [-0.25, -0.2) is 9.97 Å². The largest absolute Gasteiger partial charge is 0.492 e. The van der Waals surface area contributed by atoms with Crippen molar-refractivity contribution in [1.82, 2.24) is 19.9 Å². The zero-order chi connectivity index (χ0) is 20.0. The van der Waals surface area contributed by atoms with Gasteiger partial charge < -0.3 is 29.6 Å². The number of aliphatic hydroxyl groups excluding tert-OH is 2. The van der Waals surface area contributed by atoms with Crippen molar-refractivity contribution in [3.05, 3.63) is 48.0 Å². The van der Waals surface area contributed by atoms with Crippen molar-refractivity contribution >= 4 is 11.0 Å². The number of aryl methyl sites for hydroxylation is 1. The van der Waals surface area contributed by atoms with Crippen molar-refractivity contribution in [1.29, 1.82) is 0 Å². The predicted molar refractivity (Wildman–Crippen MR) is 106 cm³/mol. The number of hydrogen-bond donors (Lipinski definition) is 3. The molecular weight excluding hydrogens is 372 g/mol. The van der Waals surface area contributed by atoms with Crippen molar-refractivity contribution in [3.8, 4) is 11.5 Å². The Balaban J connectivity index is 1.43. The van der Waals surface area contributed by atoms with Gasteiger partial charge in [0.2, 0.25) is 0 Å². The Hall–Kier alpha value is -2.68. The first-order valence-corrected chi connectivity index (χ1v) is 9.90. The minimum Gasteiger partial charge on any atom is -0.492 e. The molecule has 3 aromatic rings. The van der Waals surface area contributed by atoms with Crippen LogP contribution in [0.3, 0.4) is 0 Å². The molecule has 1 fully saturated rings. The Labute approximate surface area is 168 Å². The predicted octanol–water partition coefficient (Wildman–Crippen LogP) is 1.34. The summed E-state index contributed by atoms with van der Waals surface area (Å²) in [5.41, 5.74) is 2.57. The SMILES string of the molecule is Cc1ncnc2c1ccn2C1CC(Oc2cccc3c2CNCCO3)C(O)C1O. The molecule has 0 amide bonds. The van der Waals surface area contributed by atoms with E-state index >= 15 is 0 Å². The van der Waals surface area contributed by atoms with Crippen molar-refractivity contribution in [2.24, 2.45) is 0 Å². The number of nitrogens with one attached hydrogen (secondary N) is 1. The molecule has 8 nitrogen and oxygen atoms in total. The van der Waals surface area contributed by atoms with Crippen LogP contribution in [-0.4, -0.2) is 56.2 Å². The Morgan fingerprint density at radius 1 is 1.21 bits per heavy atom. The lowest BCUT2D eigenvalue weighted by Crippen LogP contribution is -2.34. The van der Waals surface area contributed by atoms with Gasteiger partial charge in [0, 0.05) is 36.7 Å². The Kier molecular flexibility index (Phi) is 4.61. The number of aliphatic hydroxyl groups is 2. The van der Waals surface area contributed by atoms with Gasteiger partial charge in [0.1, 0.15) is 48.4 Å². The average Bonchev–Trinajstić information content (AvgIpc) is 3.15. The van der Waals surface area contributed by atoms with Gasteiger partial charge in [-0.3, -0.25) is 0 Å². The van der Waals surface area contributed by atoms with E-state index in [0.717, 1.165) is 34.6 Å². The number of ether oxygens (including phenoxy) is 2. The first-order chi connectivity index (χ1) is 14.1. The van der Waals surface area contributed by atoms with Gasteiger partial charge in [-0.15, -0.1) is 0 Å². The molecule has 1 aromatic carbocycles. The van der Waals surface area contributed by atoms with Crippen LogP contribution in [-0.2, 0) is 6.54 Å². The maximum absolute atomic E-state index is 10.8. The van der Waals surface area contributed by atoms with Crippen molar-refractivity contribution in [2.75, 3.05) is 13.2 Å². The number of hydrogen-bond acceptors (Lipinski definition) is 7. The first kappa shape index (κ1) is 18.4. The standard InChI is InChI=1S/C21H24N4O4/c1-12-13-5-7-25(21(13)24-11-23-12)15-9-18(20(27)19(15)26)29-17-4-2-3-16-14(17)10-22-6-8-28-16/h2-5,7,11,15,18-20,22,26-27H,6,8-10H2,1H3. The fraction of sp³-hybridized carbons (Fsp3) is 0.429. The number of nitrogens with zero attached hydrogens (tertiary/aromatic N) is 3. The Morgan fingerprint density at radius 2 is 2.10 bits per heavy atom. The second kappa shape index (κ2) is 7.29. The van der Waals surface area contributed by atoms with Crippen LogP contribution in [0.15, 0.2) is 36.8 Å². The molecule has 0 radical (unpaired) electrons. The fourth-order valence-corrected chi connectivity index (χ4v) is 4.30. The minimum absolute atomic E-state index is 0.335. The highest BCUT2D eigenvalue weighted by atomic mass is 16.5. The first-order valence-electron chi connectivity index (χ1n) is 9.90. The molecule has 2 aliphatic rings. The molecule has 2 aromatic heterocycles. The third kappa shape index (κ3) is 3.13. The van der Waals surface area contributed by atoms with Gasteiger partial charge in [0.15, 0.2) is 0 Å². The lowest BCUT2D eigenvalue weighted by Gasteiger charge is -2.20. The Morgan fingerprint density at radius 3 is 3.00 bits per heavy atom. The third-order valence-electron chi connectivity index (χ3n) is 5.87. The molecule has 0 spiro atoms. The molecule has 1 aliphatic heterocycles. The highest BCUT2D eigenvalue weighted by molar-refractivity contribution is 5.78. The van der Waals surface area contributed by atoms with Crippen LogP contribution in [0, 0.1) is 6.92 Å². The van der Waals surface area contributed by atoms with Crippen LogP contribution < -0.4 is 14.8 Å². The topological polar surface area (TPSA) is 102 Å². The fourth-order valence-electron chi connectivity index (χ4n) is 4.30.